The molecule has 2 amide bonds. The van der Waals surface area contributed by atoms with Gasteiger partial charge in [-0.05, 0) is 85.8 Å². The molecule has 1 unspecified atom stereocenters. The third kappa shape index (κ3) is 10.1. The normalized spacial score (nSPS) is 13.1. The van der Waals surface area contributed by atoms with Gasteiger partial charge < -0.3 is 20.5 Å². The predicted octanol–water partition coefficient (Wildman–Crippen LogP) is 6.46. The Morgan fingerprint density at radius 1 is 0.971 bits per heavy atom. The molecule has 0 saturated heterocycles. The summed E-state index contributed by atoms with van der Waals surface area (Å²) < 4.78 is 0. The van der Waals surface area contributed by atoms with Gasteiger partial charge in [0.25, 0.3) is 0 Å². The summed E-state index contributed by atoms with van der Waals surface area (Å²) in [6.45, 7) is 4.75. The van der Waals surface area contributed by atoms with E-state index in [1.807, 2.05) is 38.0 Å². The highest BCUT2D eigenvalue weighted by Gasteiger charge is 2.09. The van der Waals surface area contributed by atoms with Crippen LogP contribution in [-0.4, -0.2) is 31.1 Å². The van der Waals surface area contributed by atoms with Crippen LogP contribution in [0.25, 0.3) is 11.1 Å². The van der Waals surface area contributed by atoms with E-state index >= 15 is 0 Å². The summed E-state index contributed by atoms with van der Waals surface area (Å²) in [4.78, 5) is 19.6. The number of hydrogen-bond acceptors (Lipinski definition) is 3. The van der Waals surface area contributed by atoms with Crippen LogP contribution in [0.2, 0.25) is 0 Å². The van der Waals surface area contributed by atoms with E-state index in [1.165, 1.54) is 11.1 Å². The number of hydrogen-bond donors (Lipinski definition) is 3. The number of aryl methyl sites for hydroxylation is 1. The second-order valence-corrected chi connectivity index (χ2v) is 8.55. The smallest absolute Gasteiger partial charge is 0.319 e. The fourth-order valence-corrected chi connectivity index (χ4v) is 4.03. The van der Waals surface area contributed by atoms with E-state index in [9.17, 15) is 9.90 Å². The quantitative estimate of drug-likeness (QED) is 0.349. The molecule has 0 spiro atoms. The van der Waals surface area contributed by atoms with Gasteiger partial charge in [0.2, 0.25) is 0 Å². The Morgan fingerprint density at radius 2 is 1.66 bits per heavy atom. The SMILES string of the molecule is C=O.CCNC(=O)Nc1ccc(-c2ccc(CCC(CO)CCCC3=CC=CCC=C3)cc2)cc1. The minimum absolute atomic E-state index is 0.189. The molecule has 3 N–H and O–H groups in total. The molecule has 186 valence electrons. The number of urea groups is 1. The van der Waals surface area contributed by atoms with Crippen molar-refractivity contribution >= 4 is 18.5 Å². The Morgan fingerprint density at radius 3 is 2.31 bits per heavy atom. The monoisotopic (exact) mass is 474 g/mol. The van der Waals surface area contributed by atoms with E-state index in [0.29, 0.717) is 12.5 Å². The fraction of sp³-hybridized carbons (Fsp3) is 0.333. The van der Waals surface area contributed by atoms with Crippen molar-refractivity contribution < 1.29 is 14.7 Å². The van der Waals surface area contributed by atoms with E-state index in [0.717, 1.165) is 55.3 Å². The average Bonchev–Trinajstić information content (AvgIpc) is 3.17. The molecule has 5 nitrogen and oxygen atoms in total. The summed E-state index contributed by atoms with van der Waals surface area (Å²) in [7, 11) is 0. The van der Waals surface area contributed by atoms with Gasteiger partial charge in [0, 0.05) is 18.8 Å². The second-order valence-electron chi connectivity index (χ2n) is 8.55. The van der Waals surface area contributed by atoms with Gasteiger partial charge >= 0.3 is 6.03 Å². The maximum atomic E-state index is 11.6. The highest BCUT2D eigenvalue weighted by Crippen LogP contribution is 2.24. The Bertz CT molecular complexity index is 976. The third-order valence-corrected chi connectivity index (χ3v) is 6.00. The largest absolute Gasteiger partial charge is 0.396 e. The van der Waals surface area contributed by atoms with Crippen molar-refractivity contribution in [2.24, 2.45) is 5.92 Å². The van der Waals surface area contributed by atoms with Crippen LogP contribution in [0, 0.1) is 5.92 Å². The van der Waals surface area contributed by atoms with Gasteiger partial charge in [-0.15, -0.1) is 0 Å². The molecule has 1 aliphatic carbocycles. The molecule has 35 heavy (non-hydrogen) atoms. The van der Waals surface area contributed by atoms with Crippen molar-refractivity contribution in [2.45, 2.75) is 45.4 Å². The van der Waals surface area contributed by atoms with Crippen molar-refractivity contribution in [3.05, 3.63) is 90.0 Å². The van der Waals surface area contributed by atoms with Gasteiger partial charge in [0.15, 0.2) is 0 Å². The van der Waals surface area contributed by atoms with E-state index in [4.69, 9.17) is 4.79 Å². The number of allylic oxidation sites excluding steroid dienone is 6. The number of amides is 2. The molecule has 3 rings (SSSR count). The zero-order valence-electron chi connectivity index (χ0n) is 20.7. The molecule has 1 aliphatic rings. The third-order valence-electron chi connectivity index (χ3n) is 6.00. The molecular weight excluding hydrogens is 436 g/mol. The molecule has 0 heterocycles. The molecule has 0 radical (unpaired) electrons. The molecule has 0 saturated carbocycles. The van der Waals surface area contributed by atoms with Gasteiger partial charge in [0.05, 0.1) is 0 Å². The molecule has 0 aromatic heterocycles. The van der Waals surface area contributed by atoms with E-state index in [2.05, 4.69) is 65.3 Å². The lowest BCUT2D eigenvalue weighted by Gasteiger charge is -2.14. The molecule has 2 aromatic carbocycles. The number of aliphatic hydroxyl groups is 1. The predicted molar refractivity (Wildman–Crippen MR) is 145 cm³/mol. The summed E-state index contributed by atoms with van der Waals surface area (Å²) in [6, 6.07) is 16.3. The summed E-state index contributed by atoms with van der Waals surface area (Å²) >= 11 is 0. The summed E-state index contributed by atoms with van der Waals surface area (Å²) in [6.07, 6.45) is 17.2. The molecule has 2 aromatic rings. The molecule has 0 aliphatic heterocycles. The minimum Gasteiger partial charge on any atom is -0.396 e. The maximum absolute atomic E-state index is 11.6. The number of nitrogens with one attached hydrogen (secondary N) is 2. The van der Waals surface area contributed by atoms with Gasteiger partial charge in [-0.1, -0.05) is 66.8 Å². The zero-order valence-corrected chi connectivity index (χ0v) is 20.7. The van der Waals surface area contributed by atoms with Crippen LogP contribution >= 0.6 is 0 Å². The van der Waals surface area contributed by atoms with Gasteiger partial charge in [-0.3, -0.25) is 0 Å². The van der Waals surface area contributed by atoms with Gasteiger partial charge in [-0.2, -0.15) is 0 Å². The van der Waals surface area contributed by atoms with Crippen LogP contribution in [0.4, 0.5) is 10.5 Å². The first-order valence-corrected chi connectivity index (χ1v) is 12.3. The standard InChI is InChI=1S/C29H36N2O2.CH2O/c1-2-30-29(33)31-28-20-18-27(19-21-28)26-16-14-24(15-17-26)12-13-25(22-32)11-7-10-23-8-5-3-4-6-9-23;1-2/h3,5-6,8-9,14-21,25,32H,2,4,7,10-13,22H2,1H3,(H2,30,31,33);1H2. The minimum atomic E-state index is -0.189. The van der Waals surface area contributed by atoms with Crippen molar-refractivity contribution in [3.8, 4) is 11.1 Å². The lowest BCUT2D eigenvalue weighted by molar-refractivity contribution is -0.0980. The lowest BCUT2D eigenvalue weighted by Crippen LogP contribution is -2.28. The highest BCUT2D eigenvalue weighted by atomic mass is 16.3. The topological polar surface area (TPSA) is 78.4 Å². The van der Waals surface area contributed by atoms with Crippen LogP contribution < -0.4 is 10.6 Å². The molecule has 5 heteroatoms. The van der Waals surface area contributed by atoms with E-state index in [-0.39, 0.29) is 12.6 Å². The molecule has 0 fully saturated rings. The summed E-state index contributed by atoms with van der Waals surface area (Å²) in [5.74, 6) is 0.348. The first kappa shape index (κ1) is 27.8. The van der Waals surface area contributed by atoms with Crippen molar-refractivity contribution in [3.63, 3.8) is 0 Å². The highest BCUT2D eigenvalue weighted by molar-refractivity contribution is 5.89. The number of carbonyl (C=O) groups excluding carboxylic acids is 2. The fourth-order valence-electron chi connectivity index (χ4n) is 4.03. The summed E-state index contributed by atoms with van der Waals surface area (Å²) in [5.41, 5.74) is 5.73. The number of carbonyl (C=O) groups is 2. The van der Waals surface area contributed by atoms with E-state index < -0.39 is 0 Å². The Labute approximate surface area is 209 Å². The van der Waals surface area contributed by atoms with Crippen LogP contribution in [0.3, 0.4) is 0 Å². The Kier molecular flexibility index (Phi) is 12.9. The first-order valence-electron chi connectivity index (χ1n) is 12.3. The molecule has 1 atom stereocenters. The van der Waals surface area contributed by atoms with Crippen molar-refractivity contribution in [1.82, 2.24) is 5.32 Å². The van der Waals surface area contributed by atoms with Crippen LogP contribution in [0.15, 0.2) is 84.5 Å². The van der Waals surface area contributed by atoms with Gasteiger partial charge in [0.1, 0.15) is 6.79 Å². The number of rotatable bonds is 11. The zero-order chi connectivity index (χ0) is 25.3. The Hall–Kier alpha value is -3.44. The Balaban J connectivity index is 0.00000210. The maximum Gasteiger partial charge on any atom is 0.319 e. The number of benzene rings is 2. The average molecular weight is 475 g/mol. The van der Waals surface area contributed by atoms with Gasteiger partial charge in [-0.25, -0.2) is 4.79 Å². The first-order chi connectivity index (χ1) is 17.2. The van der Waals surface area contributed by atoms with Crippen molar-refractivity contribution in [2.75, 3.05) is 18.5 Å². The van der Waals surface area contributed by atoms with E-state index in [1.54, 1.807) is 0 Å². The van der Waals surface area contributed by atoms with Crippen LogP contribution in [0.1, 0.15) is 44.6 Å². The molecular formula is C30H38N2O3. The second kappa shape index (κ2) is 16.2. The number of aliphatic hydroxyl groups excluding tert-OH is 1. The lowest BCUT2D eigenvalue weighted by atomic mass is 9.93. The van der Waals surface area contributed by atoms with Crippen molar-refractivity contribution in [1.29, 1.82) is 0 Å². The van der Waals surface area contributed by atoms with Crippen LogP contribution in [-0.2, 0) is 11.2 Å². The molecule has 0 bridgehead atoms. The van der Waals surface area contributed by atoms with Crippen LogP contribution in [0.5, 0.6) is 0 Å². The summed E-state index contributed by atoms with van der Waals surface area (Å²) in [5, 5.41) is 15.4. The number of anilines is 1.